The second kappa shape index (κ2) is 38.0. The summed E-state index contributed by atoms with van der Waals surface area (Å²) in [4.78, 5) is 28.8. The van der Waals surface area contributed by atoms with Gasteiger partial charge in [-0.2, -0.15) is 261 Å². The van der Waals surface area contributed by atoms with Gasteiger partial charge in [-0.3, -0.25) is 8.98 Å². The number of alkyl halides is 21. The molecule has 0 bridgehead atoms. The van der Waals surface area contributed by atoms with Crippen LogP contribution >= 0.6 is 0 Å². The molecule has 556 valence electrons. The van der Waals surface area contributed by atoms with Gasteiger partial charge in [-0.05, 0) is 45.1 Å². The van der Waals surface area contributed by atoms with E-state index in [1.165, 1.54) is 70.7 Å². The summed E-state index contributed by atoms with van der Waals surface area (Å²) < 4.78 is 326. The van der Waals surface area contributed by atoms with E-state index in [0.717, 1.165) is 77.4 Å². The van der Waals surface area contributed by atoms with Crippen LogP contribution in [-0.2, 0) is 188 Å². The summed E-state index contributed by atoms with van der Waals surface area (Å²) in [5.41, 5.74) is -11.7. The van der Waals surface area contributed by atoms with E-state index in [-0.39, 0.29) is 154 Å². The normalized spacial score (nSPS) is 14.1. The average Bonchev–Trinajstić information content (AvgIpc) is 1.62. The maximum atomic E-state index is 14.0. The van der Waals surface area contributed by atoms with Crippen molar-refractivity contribution >= 4 is 53.5 Å². The number of carbonyl (C=O) groups is 1. The third-order valence-corrected chi connectivity index (χ3v) is 16.7. The van der Waals surface area contributed by atoms with Gasteiger partial charge in [0.15, 0.2) is 6.10 Å². The quantitative estimate of drug-likeness (QED) is 0.0464. The van der Waals surface area contributed by atoms with E-state index in [1.54, 1.807) is 40.1 Å². The van der Waals surface area contributed by atoms with Gasteiger partial charge in [0.2, 0.25) is 5.78 Å². The Hall–Kier alpha value is -3.87. The third kappa shape index (κ3) is 26.5. The van der Waals surface area contributed by atoms with Crippen molar-refractivity contribution < 1.29 is 266 Å². The smallest absolute Gasteiger partial charge is 0.391 e. The molecule has 103 heavy (non-hydrogen) atoms. The molecule has 0 saturated carbocycles. The number of rotatable bonds is 9. The molecule has 19 nitrogen and oxygen atoms in total. The van der Waals surface area contributed by atoms with E-state index in [0.29, 0.717) is 34.8 Å². The fourth-order valence-corrected chi connectivity index (χ4v) is 10.6. The fourth-order valence-electron chi connectivity index (χ4n) is 8.48. The number of Topliss-reactive ketones (excluding diaryl/α,β-unsaturated/α-hetero) is 1. The number of ketones is 1. The van der Waals surface area contributed by atoms with Crippen molar-refractivity contribution in [2.75, 3.05) is 11.4 Å². The molecule has 10 rings (SSSR count). The number of anilines is 1. The Morgan fingerprint density at radius 1 is 0.495 bits per heavy atom. The standard InChI is InChI=1S/C17H15F3N5.C10H7F6O3S.C9H8F3O.C9H6F3O.C9H10N4.C2F6O5S2.4Y/c1-10-3-5-12(6-4-10)14(17(18,19)20)24-8-7-13-11(2)23-16-21-9-22-25(16)15(13)24;1-6-2-4-7(5-3-6)8(9(11,12)13)19-20(17,18)10(14,15)16;2*1-6-2-4-7(5-3-6)8(13)9(10,11)12;1-6-7-3-2-4-8(7)13-9(12-6)10-5-11-13;3-1(4,5)14(9,10)13-15(11,12)2(6,7)8;;;;/h3,5-6,9,14H,7-8H2,1-2H3;2,4-5,8H,1H3;2,4-5,8,13H,1H3;2,4-5H,1H3;5H,2-4H2,1H3;;;;;/q4*-1;;;;;;/t14-;2*8-;;;;;;;/m100......./s1. The summed E-state index contributed by atoms with van der Waals surface area (Å²) in [5.74, 6) is -0.371. The number of hydrogen-bond donors (Lipinski definition) is 1. The Balaban J connectivity index is 0.000000626. The van der Waals surface area contributed by atoms with E-state index in [4.69, 9.17) is 5.11 Å². The summed E-state index contributed by atoms with van der Waals surface area (Å²) in [7, 11) is -20.1. The molecular weight excluding hydrogens is 1810 g/mol. The SMILES string of the molecule is Cc1[c-]cc(C(=O)C(F)(F)F)cc1.Cc1[c-]cc([C@@H](N2CCc3c(C)nc4ncnn4c32)C(F)(F)F)cc1.Cc1[c-]cc([C@H](O)C(F)(F)F)cc1.Cc1[c-]cc([C@H](OS(=O)(=O)C(F)(F)F)C(F)(F)F)cc1.Cc1nc2ncnn2c2c1CCC2.O=S(=O)(OS(=O)(=O)C(F)(F)F)C(F)(F)F.[Y].[Y].[Y].[Y]. The summed E-state index contributed by atoms with van der Waals surface area (Å²) in [6.45, 7) is 10.8. The topological polar surface area (TPSA) is 248 Å². The van der Waals surface area contributed by atoms with E-state index in [1.807, 2.05) is 8.14 Å². The van der Waals surface area contributed by atoms with Gasteiger partial charge < -0.3 is 10.0 Å². The predicted molar refractivity (Wildman–Crippen MR) is 300 cm³/mol. The minimum atomic E-state index is -6.85. The molecule has 4 radical (unpaired) electrons. The van der Waals surface area contributed by atoms with Gasteiger partial charge in [0, 0.05) is 154 Å². The van der Waals surface area contributed by atoms with Crippen LogP contribution in [0, 0.1) is 65.8 Å². The van der Waals surface area contributed by atoms with Crippen LogP contribution in [0.4, 0.5) is 98.0 Å². The van der Waals surface area contributed by atoms with Crippen LogP contribution in [0.2, 0.25) is 0 Å². The van der Waals surface area contributed by atoms with E-state index in [9.17, 15) is 122 Å². The Morgan fingerprint density at radius 2 is 0.903 bits per heavy atom. The number of nitrogens with zero attached hydrogens (tertiary/aromatic N) is 9. The average molecular weight is 1860 g/mol. The first kappa shape index (κ1) is 97.1. The van der Waals surface area contributed by atoms with Crippen LogP contribution in [0.25, 0.3) is 11.6 Å². The first-order valence-electron chi connectivity index (χ1n) is 27.0. The Bertz CT molecular complexity index is 4410. The second-order valence-electron chi connectivity index (χ2n) is 20.5. The number of aryl methyl sites for hydroxylation is 7. The predicted octanol–water partition coefficient (Wildman–Crippen LogP) is 13.0. The van der Waals surface area contributed by atoms with E-state index >= 15 is 0 Å². The number of halogens is 21. The maximum Gasteiger partial charge on any atom is 0.524 e. The number of carbonyl (C=O) groups excluding carboxylic acids is 1. The molecule has 8 aromatic rings. The van der Waals surface area contributed by atoms with Crippen LogP contribution in [0.15, 0.2) is 85.5 Å². The van der Waals surface area contributed by atoms with Crippen molar-refractivity contribution in [3.63, 3.8) is 0 Å². The summed E-state index contributed by atoms with van der Waals surface area (Å²) in [6.07, 6.45) is -18.0. The van der Waals surface area contributed by atoms with Crippen LogP contribution in [0.1, 0.15) is 102 Å². The summed E-state index contributed by atoms with van der Waals surface area (Å²) in [6, 6.07) is 23.3. The number of aliphatic hydroxyl groups excluding tert-OH is 1. The molecule has 0 fully saturated rings. The summed E-state index contributed by atoms with van der Waals surface area (Å²) >= 11 is 0. The molecular formula is C56H46F21N9O10S3Y4-4. The van der Waals surface area contributed by atoms with Crippen molar-refractivity contribution in [1.82, 2.24) is 39.2 Å². The van der Waals surface area contributed by atoms with Crippen LogP contribution in [-0.4, -0.2) is 123 Å². The number of fused-ring (bicyclic) bond motifs is 6. The third-order valence-electron chi connectivity index (χ3n) is 13.1. The molecule has 47 heteroatoms. The molecule has 5 heterocycles. The molecule has 1 N–H and O–H groups in total. The van der Waals surface area contributed by atoms with Gasteiger partial charge in [0.05, 0.1) is 5.69 Å². The molecule has 2 aliphatic rings. The minimum absolute atomic E-state index is 0. The number of hydrogen-bond acceptors (Lipinski definition) is 17. The molecule has 4 aromatic heterocycles. The van der Waals surface area contributed by atoms with Gasteiger partial charge in [-0.25, -0.2) is 14.5 Å². The molecule has 0 spiro atoms. The van der Waals surface area contributed by atoms with Crippen molar-refractivity contribution in [3.05, 3.63) is 182 Å². The van der Waals surface area contributed by atoms with Crippen molar-refractivity contribution in [2.45, 2.75) is 127 Å². The first-order chi connectivity index (χ1) is 45.1. The van der Waals surface area contributed by atoms with Crippen LogP contribution < -0.4 is 4.90 Å². The van der Waals surface area contributed by atoms with Gasteiger partial charge in [-0.15, -0.1) is 20.3 Å². The zero-order valence-corrected chi connectivity index (χ0v) is 66.8. The Morgan fingerprint density at radius 3 is 1.29 bits per heavy atom. The summed E-state index contributed by atoms with van der Waals surface area (Å²) in [5, 5.41) is 17.1. The zero-order chi connectivity index (χ0) is 75.2. The van der Waals surface area contributed by atoms with Gasteiger partial charge in [0.25, 0.3) is 11.6 Å². The molecule has 0 saturated heterocycles. The number of benzene rings is 4. The molecule has 1 aliphatic heterocycles. The van der Waals surface area contributed by atoms with Gasteiger partial charge in [0.1, 0.15) is 30.6 Å². The molecule has 0 unspecified atom stereocenters. The monoisotopic (exact) mass is 1850 g/mol. The van der Waals surface area contributed by atoms with Crippen molar-refractivity contribution in [2.24, 2.45) is 0 Å². The zero-order valence-electron chi connectivity index (χ0n) is 53.0. The van der Waals surface area contributed by atoms with Crippen molar-refractivity contribution in [1.29, 1.82) is 0 Å². The minimum Gasteiger partial charge on any atom is -0.391 e. The maximum absolute atomic E-state index is 14.0. The van der Waals surface area contributed by atoms with Gasteiger partial charge in [-0.1, -0.05) is 33.3 Å². The number of aliphatic hydroxyl groups is 1. The largest absolute Gasteiger partial charge is 0.524 e. The van der Waals surface area contributed by atoms with E-state index < -0.39 is 101 Å². The van der Waals surface area contributed by atoms with Gasteiger partial charge >= 0.3 is 71.6 Å². The van der Waals surface area contributed by atoms with Crippen molar-refractivity contribution in [3.8, 4) is 0 Å². The molecule has 1 aliphatic carbocycles. The molecule has 3 atom stereocenters. The fraction of sp³-hybridized carbons (Fsp3) is 0.375. The Labute approximate surface area is 672 Å². The molecule has 0 amide bonds. The second-order valence-corrected chi connectivity index (χ2v) is 25.4. The van der Waals surface area contributed by atoms with Crippen LogP contribution in [0.3, 0.4) is 0 Å². The molecule has 4 aromatic carbocycles. The Kier molecular flexibility index (Phi) is 35.8. The van der Waals surface area contributed by atoms with E-state index in [2.05, 4.69) is 65.5 Å². The number of aromatic nitrogens is 8. The van der Waals surface area contributed by atoms with Crippen LogP contribution in [0.5, 0.6) is 0 Å². The first-order valence-corrected chi connectivity index (χ1v) is 31.2.